The summed E-state index contributed by atoms with van der Waals surface area (Å²) >= 11 is 0. The zero-order chi connectivity index (χ0) is 16.9. The first-order valence-corrected chi connectivity index (χ1v) is 8.33. The molecule has 2 aromatic rings. The predicted molar refractivity (Wildman–Crippen MR) is 93.3 cm³/mol. The number of aromatic nitrogens is 1. The van der Waals surface area contributed by atoms with Crippen LogP contribution < -0.4 is 5.32 Å². The summed E-state index contributed by atoms with van der Waals surface area (Å²) in [5.41, 5.74) is 3.23. The van der Waals surface area contributed by atoms with Crippen molar-refractivity contribution < 1.29 is 9.53 Å². The van der Waals surface area contributed by atoms with Crippen LogP contribution in [0.15, 0.2) is 30.0 Å². The van der Waals surface area contributed by atoms with Gasteiger partial charge in [0.25, 0.3) is 5.91 Å². The van der Waals surface area contributed by atoms with E-state index in [9.17, 15) is 10.1 Å². The van der Waals surface area contributed by atoms with E-state index in [1.165, 1.54) is 5.56 Å². The molecule has 5 nitrogen and oxygen atoms in total. The minimum atomic E-state index is -0.353. The molecule has 1 atom stereocenters. The Morgan fingerprint density at radius 1 is 1.54 bits per heavy atom. The Labute approximate surface area is 141 Å². The maximum Gasteiger partial charge on any atom is 0.262 e. The summed E-state index contributed by atoms with van der Waals surface area (Å²) in [6.07, 6.45) is 6.45. The summed E-state index contributed by atoms with van der Waals surface area (Å²) in [4.78, 5) is 15.5. The van der Waals surface area contributed by atoms with E-state index >= 15 is 0 Å². The number of nitrogens with one attached hydrogen (secondary N) is 2. The largest absolute Gasteiger partial charge is 0.376 e. The van der Waals surface area contributed by atoms with Crippen LogP contribution in [0.25, 0.3) is 17.0 Å². The van der Waals surface area contributed by atoms with Gasteiger partial charge < -0.3 is 15.0 Å². The number of aromatic amines is 1. The van der Waals surface area contributed by atoms with Crippen molar-refractivity contribution in [2.75, 3.05) is 13.2 Å². The Bertz CT molecular complexity index is 808. The standard InChI is InChI=1S/C19H21N3O2/c1-2-13-5-3-7-17-15(11-21-18(13)17)9-14(10-20)19(23)22-12-16-6-4-8-24-16/h3,5,7,9,11,16,21H,2,4,6,8,12H2,1H3,(H,22,23)/b14-9+. The third kappa shape index (κ3) is 3.34. The summed E-state index contributed by atoms with van der Waals surface area (Å²) in [5.74, 6) is -0.353. The SMILES string of the molecule is CCc1cccc2c(/C=C(\C#N)C(=O)NCC3CCCO3)c[nH]c12. The number of hydrogen-bond acceptors (Lipinski definition) is 3. The number of carbonyl (C=O) groups is 1. The molecule has 1 aliphatic rings. The number of nitriles is 1. The van der Waals surface area contributed by atoms with Crippen LogP contribution in [0.1, 0.15) is 30.9 Å². The predicted octanol–water partition coefficient (Wildman–Crippen LogP) is 2.93. The Morgan fingerprint density at radius 2 is 2.42 bits per heavy atom. The number of aryl methyl sites for hydroxylation is 1. The number of carbonyl (C=O) groups excluding carboxylic acids is 1. The van der Waals surface area contributed by atoms with Crippen LogP contribution in [0.4, 0.5) is 0 Å². The molecule has 3 rings (SSSR count). The highest BCUT2D eigenvalue weighted by atomic mass is 16.5. The minimum Gasteiger partial charge on any atom is -0.376 e. The second kappa shape index (κ2) is 7.33. The summed E-state index contributed by atoms with van der Waals surface area (Å²) < 4.78 is 5.48. The van der Waals surface area contributed by atoms with E-state index in [1.807, 2.05) is 24.4 Å². The zero-order valence-electron chi connectivity index (χ0n) is 13.8. The lowest BCUT2D eigenvalue weighted by Crippen LogP contribution is -2.32. The monoisotopic (exact) mass is 323 g/mol. The van der Waals surface area contributed by atoms with Crippen molar-refractivity contribution in [1.82, 2.24) is 10.3 Å². The number of benzene rings is 1. The highest BCUT2D eigenvalue weighted by Crippen LogP contribution is 2.24. The van der Waals surface area contributed by atoms with Gasteiger partial charge in [-0.1, -0.05) is 25.1 Å². The minimum absolute atomic E-state index is 0.0640. The van der Waals surface area contributed by atoms with Gasteiger partial charge >= 0.3 is 0 Å². The molecule has 2 heterocycles. The molecular weight excluding hydrogens is 302 g/mol. The number of para-hydroxylation sites is 1. The second-order valence-corrected chi connectivity index (χ2v) is 5.95. The average Bonchev–Trinajstić information content (AvgIpc) is 3.27. The Balaban J connectivity index is 1.80. The maximum atomic E-state index is 12.2. The molecule has 1 fully saturated rings. The highest BCUT2D eigenvalue weighted by molar-refractivity contribution is 6.04. The third-order valence-electron chi connectivity index (χ3n) is 4.39. The van der Waals surface area contributed by atoms with Crippen molar-refractivity contribution in [3.05, 3.63) is 41.1 Å². The number of rotatable bonds is 5. The number of fused-ring (bicyclic) bond motifs is 1. The first kappa shape index (κ1) is 16.3. The van der Waals surface area contributed by atoms with Crippen LogP contribution in [0.3, 0.4) is 0 Å². The summed E-state index contributed by atoms with van der Waals surface area (Å²) in [5, 5.41) is 13.2. The van der Waals surface area contributed by atoms with Crippen molar-refractivity contribution in [3.63, 3.8) is 0 Å². The quantitative estimate of drug-likeness (QED) is 0.656. The average molecular weight is 323 g/mol. The molecule has 1 aromatic carbocycles. The van der Waals surface area contributed by atoms with Crippen molar-refractivity contribution in [2.45, 2.75) is 32.3 Å². The first-order chi connectivity index (χ1) is 11.7. The molecule has 0 spiro atoms. The van der Waals surface area contributed by atoms with Gasteiger partial charge in [0.1, 0.15) is 11.6 Å². The molecule has 0 bridgehead atoms. The molecule has 1 amide bonds. The van der Waals surface area contributed by atoms with E-state index in [-0.39, 0.29) is 17.6 Å². The van der Waals surface area contributed by atoms with Crippen LogP contribution in [-0.2, 0) is 16.0 Å². The van der Waals surface area contributed by atoms with Crippen LogP contribution in [0, 0.1) is 11.3 Å². The van der Waals surface area contributed by atoms with Crippen LogP contribution in [0.5, 0.6) is 0 Å². The number of hydrogen-bond donors (Lipinski definition) is 2. The molecule has 1 unspecified atom stereocenters. The van der Waals surface area contributed by atoms with E-state index in [0.29, 0.717) is 6.54 Å². The van der Waals surface area contributed by atoms with Crippen LogP contribution in [-0.4, -0.2) is 30.1 Å². The Morgan fingerprint density at radius 3 is 3.12 bits per heavy atom. The summed E-state index contributed by atoms with van der Waals surface area (Å²) in [7, 11) is 0. The molecule has 24 heavy (non-hydrogen) atoms. The molecule has 0 saturated carbocycles. The molecule has 1 aliphatic heterocycles. The van der Waals surface area contributed by atoms with Gasteiger partial charge in [-0.3, -0.25) is 4.79 Å². The van der Waals surface area contributed by atoms with E-state index in [2.05, 4.69) is 23.3 Å². The van der Waals surface area contributed by atoms with Gasteiger partial charge in [-0.15, -0.1) is 0 Å². The molecule has 1 saturated heterocycles. The third-order valence-corrected chi connectivity index (χ3v) is 4.39. The maximum absolute atomic E-state index is 12.2. The van der Waals surface area contributed by atoms with E-state index in [0.717, 1.165) is 42.3 Å². The van der Waals surface area contributed by atoms with Gasteiger partial charge in [0.15, 0.2) is 0 Å². The lowest BCUT2D eigenvalue weighted by molar-refractivity contribution is -0.117. The molecule has 0 radical (unpaired) electrons. The Hall–Kier alpha value is -2.58. The summed E-state index contributed by atoms with van der Waals surface area (Å²) in [6.45, 7) is 3.30. The molecule has 1 aromatic heterocycles. The topological polar surface area (TPSA) is 77.9 Å². The smallest absolute Gasteiger partial charge is 0.262 e. The van der Waals surface area contributed by atoms with Crippen molar-refractivity contribution >= 4 is 22.9 Å². The number of H-pyrrole nitrogens is 1. The lowest BCUT2D eigenvalue weighted by Gasteiger charge is -2.10. The fraction of sp³-hybridized carbons (Fsp3) is 0.368. The van der Waals surface area contributed by atoms with Crippen molar-refractivity contribution in [1.29, 1.82) is 5.26 Å². The van der Waals surface area contributed by atoms with Crippen molar-refractivity contribution in [3.8, 4) is 6.07 Å². The normalized spacial score (nSPS) is 17.8. The molecular formula is C19H21N3O2. The van der Waals surface area contributed by atoms with Crippen molar-refractivity contribution in [2.24, 2.45) is 0 Å². The fourth-order valence-electron chi connectivity index (χ4n) is 3.06. The summed E-state index contributed by atoms with van der Waals surface area (Å²) in [6, 6.07) is 8.07. The molecule has 0 aliphatic carbocycles. The number of amides is 1. The fourth-order valence-corrected chi connectivity index (χ4v) is 3.06. The lowest BCUT2D eigenvalue weighted by atomic mass is 10.1. The van der Waals surface area contributed by atoms with Crippen LogP contribution in [0.2, 0.25) is 0 Å². The highest BCUT2D eigenvalue weighted by Gasteiger charge is 2.18. The molecule has 124 valence electrons. The zero-order valence-corrected chi connectivity index (χ0v) is 13.8. The van der Waals surface area contributed by atoms with Gasteiger partial charge in [0.2, 0.25) is 0 Å². The van der Waals surface area contributed by atoms with Crippen LogP contribution >= 0.6 is 0 Å². The number of ether oxygens (including phenoxy) is 1. The van der Waals surface area contributed by atoms with E-state index in [4.69, 9.17) is 4.74 Å². The first-order valence-electron chi connectivity index (χ1n) is 8.33. The van der Waals surface area contributed by atoms with Gasteiger partial charge in [0.05, 0.1) is 6.10 Å². The second-order valence-electron chi connectivity index (χ2n) is 5.95. The van der Waals surface area contributed by atoms with Gasteiger partial charge in [-0.05, 0) is 30.9 Å². The number of nitrogens with zero attached hydrogens (tertiary/aromatic N) is 1. The van der Waals surface area contributed by atoms with E-state index < -0.39 is 0 Å². The van der Waals surface area contributed by atoms with Gasteiger partial charge in [-0.25, -0.2) is 0 Å². The van der Waals surface area contributed by atoms with E-state index in [1.54, 1.807) is 6.08 Å². The Kier molecular flexibility index (Phi) is 4.97. The molecule has 5 heteroatoms. The van der Waals surface area contributed by atoms with Gasteiger partial charge in [-0.2, -0.15) is 5.26 Å². The van der Waals surface area contributed by atoms with Gasteiger partial charge in [0, 0.05) is 35.8 Å². The molecule has 2 N–H and O–H groups in total.